The molecule has 0 aliphatic rings. The van der Waals surface area contributed by atoms with E-state index >= 15 is 0 Å². The highest BCUT2D eigenvalue weighted by Crippen LogP contribution is 2.37. The molecule has 0 aromatic heterocycles. The van der Waals surface area contributed by atoms with Gasteiger partial charge in [0.15, 0.2) is 11.5 Å². The molecule has 0 unspecified atom stereocenters. The molecule has 0 aliphatic heterocycles. The Morgan fingerprint density at radius 3 is 2.17 bits per heavy atom. The van der Waals surface area contributed by atoms with Gasteiger partial charge in [-0.2, -0.15) is 0 Å². The molecule has 0 atom stereocenters. The van der Waals surface area contributed by atoms with Crippen LogP contribution in [0.25, 0.3) is 12.2 Å². The fraction of sp³-hybridized carbons (Fsp3) is 0.118. The molecule has 2 rings (SSSR count). The molecule has 23 heavy (non-hydrogen) atoms. The maximum absolute atomic E-state index is 11.2. The van der Waals surface area contributed by atoms with E-state index < -0.39 is 5.97 Å². The first-order valence-corrected chi connectivity index (χ1v) is 6.66. The number of aromatic hydroxyl groups is 2. The quantitative estimate of drug-likeness (QED) is 0.734. The second kappa shape index (κ2) is 6.74. The standard InChI is InChI=1S/C17H16O6/c1-22-13-8-10(9-14(23-2)16(13)19)6-7-11-4-3-5-12(18)15(11)17(20)21/h3-9,18-19H,1-2H3,(H,20,21). The average molecular weight is 316 g/mol. The van der Waals surface area contributed by atoms with Crippen molar-refractivity contribution in [3.05, 3.63) is 47.0 Å². The van der Waals surface area contributed by atoms with Gasteiger partial charge in [-0.1, -0.05) is 24.3 Å². The summed E-state index contributed by atoms with van der Waals surface area (Å²) in [5.74, 6) is -1.17. The lowest BCUT2D eigenvalue weighted by Gasteiger charge is -2.09. The largest absolute Gasteiger partial charge is 0.507 e. The van der Waals surface area contributed by atoms with Crippen LogP contribution in [0.2, 0.25) is 0 Å². The molecule has 2 aromatic rings. The van der Waals surface area contributed by atoms with E-state index in [1.807, 2.05) is 0 Å². The lowest BCUT2D eigenvalue weighted by atomic mass is 10.0. The van der Waals surface area contributed by atoms with Crippen LogP contribution in [0, 0.1) is 0 Å². The van der Waals surface area contributed by atoms with Crippen LogP contribution in [0.3, 0.4) is 0 Å². The first kappa shape index (κ1) is 16.2. The summed E-state index contributed by atoms with van der Waals surface area (Å²) in [6.07, 6.45) is 3.18. The first-order valence-electron chi connectivity index (χ1n) is 6.66. The van der Waals surface area contributed by atoms with Gasteiger partial charge in [0.1, 0.15) is 11.3 Å². The Morgan fingerprint density at radius 2 is 1.65 bits per heavy atom. The molecule has 0 amide bonds. The van der Waals surface area contributed by atoms with Crippen molar-refractivity contribution in [2.75, 3.05) is 14.2 Å². The molecule has 0 heterocycles. The topological polar surface area (TPSA) is 96.2 Å². The van der Waals surface area contributed by atoms with Crippen molar-refractivity contribution in [3.8, 4) is 23.0 Å². The number of carboxylic acids is 1. The number of phenols is 2. The fourth-order valence-electron chi connectivity index (χ4n) is 2.13. The maximum Gasteiger partial charge on any atom is 0.340 e. The highest BCUT2D eigenvalue weighted by Gasteiger charge is 2.13. The lowest BCUT2D eigenvalue weighted by molar-refractivity contribution is 0.0693. The SMILES string of the molecule is COc1cc(C=Cc2cccc(O)c2C(=O)O)cc(OC)c1O. The Hall–Kier alpha value is -3.15. The summed E-state index contributed by atoms with van der Waals surface area (Å²) >= 11 is 0. The normalized spacial score (nSPS) is 10.7. The predicted octanol–water partition coefficient (Wildman–Crippen LogP) is 2.98. The summed E-state index contributed by atoms with van der Waals surface area (Å²) in [5.41, 5.74) is 0.807. The number of hydrogen-bond acceptors (Lipinski definition) is 5. The summed E-state index contributed by atoms with van der Waals surface area (Å²) in [6.45, 7) is 0. The van der Waals surface area contributed by atoms with Crippen LogP contribution in [0.15, 0.2) is 30.3 Å². The van der Waals surface area contributed by atoms with Gasteiger partial charge in [0.05, 0.1) is 14.2 Å². The first-order chi connectivity index (χ1) is 11.0. The summed E-state index contributed by atoms with van der Waals surface area (Å²) in [6, 6.07) is 7.61. The molecule has 0 fully saturated rings. The Bertz CT molecular complexity index is 739. The van der Waals surface area contributed by atoms with E-state index in [0.717, 1.165) is 0 Å². The number of ether oxygens (including phenoxy) is 2. The minimum atomic E-state index is -1.22. The van der Waals surface area contributed by atoms with Gasteiger partial charge in [-0.05, 0) is 29.3 Å². The van der Waals surface area contributed by atoms with E-state index in [-0.39, 0.29) is 28.6 Å². The van der Waals surface area contributed by atoms with Crippen LogP contribution in [-0.4, -0.2) is 35.5 Å². The second-order valence-electron chi connectivity index (χ2n) is 4.65. The molecule has 0 bridgehead atoms. The third-order valence-corrected chi connectivity index (χ3v) is 3.25. The highest BCUT2D eigenvalue weighted by molar-refractivity contribution is 5.96. The molecule has 0 aliphatic carbocycles. The predicted molar refractivity (Wildman–Crippen MR) is 85.2 cm³/mol. The summed E-state index contributed by atoms with van der Waals surface area (Å²) in [5, 5.41) is 28.7. The third kappa shape index (κ3) is 3.37. The number of phenolic OH excluding ortho intramolecular Hbond substituents is 1. The van der Waals surface area contributed by atoms with Crippen molar-refractivity contribution in [2.24, 2.45) is 0 Å². The van der Waals surface area contributed by atoms with Crippen LogP contribution in [-0.2, 0) is 0 Å². The Morgan fingerprint density at radius 1 is 1.04 bits per heavy atom. The average Bonchev–Trinajstić information content (AvgIpc) is 2.53. The zero-order chi connectivity index (χ0) is 17.0. The van der Waals surface area contributed by atoms with Crippen molar-refractivity contribution in [1.82, 2.24) is 0 Å². The minimum Gasteiger partial charge on any atom is -0.507 e. The second-order valence-corrected chi connectivity index (χ2v) is 4.65. The Balaban J connectivity index is 2.46. The van der Waals surface area contributed by atoms with Crippen molar-refractivity contribution < 1.29 is 29.6 Å². The molecule has 6 heteroatoms. The van der Waals surface area contributed by atoms with Crippen molar-refractivity contribution in [3.63, 3.8) is 0 Å². The highest BCUT2D eigenvalue weighted by atomic mass is 16.5. The van der Waals surface area contributed by atoms with Gasteiger partial charge in [-0.3, -0.25) is 0 Å². The van der Waals surface area contributed by atoms with E-state index in [2.05, 4.69) is 0 Å². The Kier molecular flexibility index (Phi) is 4.75. The van der Waals surface area contributed by atoms with Gasteiger partial charge in [-0.15, -0.1) is 0 Å². The molecule has 0 saturated heterocycles. The van der Waals surface area contributed by atoms with Crippen molar-refractivity contribution in [1.29, 1.82) is 0 Å². The van der Waals surface area contributed by atoms with Crippen LogP contribution >= 0.6 is 0 Å². The van der Waals surface area contributed by atoms with Gasteiger partial charge in [-0.25, -0.2) is 4.79 Å². The van der Waals surface area contributed by atoms with Crippen LogP contribution in [0.1, 0.15) is 21.5 Å². The summed E-state index contributed by atoms with van der Waals surface area (Å²) in [7, 11) is 2.83. The molecule has 2 aromatic carbocycles. The number of rotatable bonds is 5. The maximum atomic E-state index is 11.2. The molecule has 0 spiro atoms. The summed E-state index contributed by atoms with van der Waals surface area (Å²) in [4.78, 5) is 11.2. The van der Waals surface area contributed by atoms with Gasteiger partial charge in [0.25, 0.3) is 0 Å². The number of methoxy groups -OCH3 is 2. The smallest absolute Gasteiger partial charge is 0.340 e. The van der Waals surface area contributed by atoms with Crippen molar-refractivity contribution in [2.45, 2.75) is 0 Å². The van der Waals surface area contributed by atoms with Gasteiger partial charge >= 0.3 is 5.97 Å². The van der Waals surface area contributed by atoms with E-state index in [9.17, 15) is 20.1 Å². The number of carbonyl (C=O) groups is 1. The van der Waals surface area contributed by atoms with Crippen LogP contribution in [0.5, 0.6) is 23.0 Å². The molecule has 0 saturated carbocycles. The van der Waals surface area contributed by atoms with Gasteiger partial charge in [0.2, 0.25) is 5.75 Å². The molecular formula is C17H16O6. The fourth-order valence-corrected chi connectivity index (χ4v) is 2.13. The number of hydrogen-bond donors (Lipinski definition) is 3. The summed E-state index contributed by atoms with van der Waals surface area (Å²) < 4.78 is 10.1. The van der Waals surface area contributed by atoms with E-state index in [1.165, 1.54) is 20.3 Å². The third-order valence-electron chi connectivity index (χ3n) is 3.25. The van der Waals surface area contributed by atoms with Crippen LogP contribution in [0.4, 0.5) is 0 Å². The number of aromatic carboxylic acids is 1. The molecule has 120 valence electrons. The number of carboxylic acid groups (broad SMARTS) is 1. The zero-order valence-corrected chi connectivity index (χ0v) is 12.6. The molecular weight excluding hydrogens is 300 g/mol. The molecule has 3 N–H and O–H groups in total. The monoisotopic (exact) mass is 316 g/mol. The lowest BCUT2D eigenvalue weighted by Crippen LogP contribution is -1.99. The van der Waals surface area contributed by atoms with Gasteiger partial charge < -0.3 is 24.8 Å². The van der Waals surface area contributed by atoms with E-state index in [0.29, 0.717) is 11.1 Å². The number of benzene rings is 2. The molecule has 6 nitrogen and oxygen atoms in total. The van der Waals surface area contributed by atoms with Crippen molar-refractivity contribution >= 4 is 18.1 Å². The van der Waals surface area contributed by atoms with E-state index in [4.69, 9.17) is 9.47 Å². The minimum absolute atomic E-state index is 0.115. The zero-order valence-electron chi connectivity index (χ0n) is 12.6. The van der Waals surface area contributed by atoms with Gasteiger partial charge in [0, 0.05) is 0 Å². The Labute approximate surface area is 132 Å². The van der Waals surface area contributed by atoms with E-state index in [1.54, 1.807) is 36.4 Å². The molecule has 0 radical (unpaired) electrons. The van der Waals surface area contributed by atoms with Crippen LogP contribution < -0.4 is 9.47 Å².